The zero-order chi connectivity index (χ0) is 33.4. The number of nitriles is 1. The quantitative estimate of drug-likeness (QED) is 0.197. The number of para-hydroxylation sites is 2. The highest BCUT2D eigenvalue weighted by Crippen LogP contribution is 2.41. The molecule has 234 valence electrons. The van der Waals surface area contributed by atoms with E-state index in [0.29, 0.717) is 5.56 Å². The molecule has 0 saturated heterocycles. The molecule has 0 amide bonds. The highest BCUT2D eigenvalue weighted by Gasteiger charge is 2.24. The molecule has 0 radical (unpaired) electrons. The molecule has 8 aromatic rings. The van der Waals surface area contributed by atoms with E-state index in [1.165, 1.54) is 32.7 Å². The van der Waals surface area contributed by atoms with E-state index in [1.54, 1.807) is 0 Å². The van der Waals surface area contributed by atoms with Gasteiger partial charge in [-0.2, -0.15) is 5.26 Å². The summed E-state index contributed by atoms with van der Waals surface area (Å²) in [6.07, 6.45) is 3.66. The third-order valence-corrected chi connectivity index (χ3v) is 9.78. The Morgan fingerprint density at radius 1 is 0.500 bits per heavy atom. The van der Waals surface area contributed by atoms with Gasteiger partial charge in [-0.3, -0.25) is 4.98 Å². The molecule has 4 nitrogen and oxygen atoms in total. The lowest BCUT2D eigenvalue weighted by molar-refractivity contribution is 0.590. The fourth-order valence-electron chi connectivity index (χ4n) is 7.18. The molecule has 0 N–H and O–H groups in total. The van der Waals surface area contributed by atoms with Gasteiger partial charge in [-0.25, -0.2) is 0 Å². The molecule has 5 aromatic carbocycles. The zero-order valence-electron chi connectivity index (χ0n) is 28.3. The fourth-order valence-corrected chi connectivity index (χ4v) is 7.18. The van der Waals surface area contributed by atoms with Gasteiger partial charge in [-0.15, -0.1) is 0 Å². The Bertz CT molecular complexity index is 2430. The van der Waals surface area contributed by atoms with E-state index < -0.39 is 0 Å². The van der Waals surface area contributed by atoms with Crippen molar-refractivity contribution in [2.75, 3.05) is 0 Å². The maximum atomic E-state index is 11.2. The summed E-state index contributed by atoms with van der Waals surface area (Å²) in [5.41, 5.74) is 11.2. The van der Waals surface area contributed by atoms with Crippen LogP contribution in [0.5, 0.6) is 0 Å². The second-order valence-corrected chi connectivity index (χ2v) is 14.9. The first-order chi connectivity index (χ1) is 23.0. The van der Waals surface area contributed by atoms with Crippen molar-refractivity contribution in [2.24, 2.45) is 0 Å². The number of hydrogen-bond acceptors (Lipinski definition) is 2. The van der Waals surface area contributed by atoms with Gasteiger partial charge in [-0.05, 0) is 81.6 Å². The van der Waals surface area contributed by atoms with Crippen molar-refractivity contribution in [1.82, 2.24) is 14.1 Å². The maximum absolute atomic E-state index is 11.2. The summed E-state index contributed by atoms with van der Waals surface area (Å²) in [6.45, 7) is 13.5. The number of rotatable bonds is 3. The van der Waals surface area contributed by atoms with E-state index in [4.69, 9.17) is 0 Å². The predicted molar refractivity (Wildman–Crippen MR) is 200 cm³/mol. The predicted octanol–water partition coefficient (Wildman–Crippen LogP) is 11.4. The monoisotopic (exact) mass is 622 g/mol. The Labute approximate surface area is 281 Å². The van der Waals surface area contributed by atoms with Crippen LogP contribution >= 0.6 is 0 Å². The summed E-state index contributed by atoms with van der Waals surface area (Å²) >= 11 is 0. The summed E-state index contributed by atoms with van der Waals surface area (Å²) in [4.78, 5) is 4.32. The summed E-state index contributed by atoms with van der Waals surface area (Å²) in [5, 5.41) is 15.9. The average molecular weight is 623 g/mol. The normalized spacial score (nSPS) is 12.4. The standard InChI is InChI=1S/C44H38N4/c1-43(2,3)30-15-17-34-32-11-7-9-13-37(32)47(41(34)25-30)39-23-29(28-19-21-46-22-20-28)24-40(36(39)27-45)48-38-14-10-8-12-33(38)35-18-16-31(26-42(35)48)44(4,5)6/h7-26H,1-6H3. The molecular formula is C44H38N4. The molecule has 4 heteroatoms. The van der Waals surface area contributed by atoms with Gasteiger partial charge in [0.2, 0.25) is 0 Å². The Morgan fingerprint density at radius 3 is 1.38 bits per heavy atom. The largest absolute Gasteiger partial charge is 0.308 e. The van der Waals surface area contributed by atoms with Gasteiger partial charge in [0, 0.05) is 33.9 Å². The number of nitrogens with zero attached hydrogens (tertiary/aromatic N) is 4. The smallest absolute Gasteiger partial charge is 0.104 e. The van der Waals surface area contributed by atoms with Gasteiger partial charge >= 0.3 is 0 Å². The number of pyridine rings is 1. The van der Waals surface area contributed by atoms with Crippen LogP contribution in [-0.4, -0.2) is 14.1 Å². The van der Waals surface area contributed by atoms with Crippen LogP contribution in [0.15, 0.2) is 122 Å². The first-order valence-electron chi connectivity index (χ1n) is 16.6. The van der Waals surface area contributed by atoms with E-state index in [2.05, 4.69) is 159 Å². The minimum Gasteiger partial charge on any atom is -0.308 e. The van der Waals surface area contributed by atoms with Gasteiger partial charge in [-0.1, -0.05) is 102 Å². The van der Waals surface area contributed by atoms with E-state index in [1.807, 2.05) is 24.5 Å². The molecular weight excluding hydrogens is 585 g/mol. The van der Waals surface area contributed by atoms with E-state index >= 15 is 0 Å². The van der Waals surface area contributed by atoms with Gasteiger partial charge < -0.3 is 9.13 Å². The Kier molecular flexibility index (Phi) is 6.62. The molecule has 0 aliphatic rings. The lowest BCUT2D eigenvalue weighted by Crippen LogP contribution is -2.11. The Balaban J connectivity index is 1.56. The van der Waals surface area contributed by atoms with Crippen LogP contribution in [0.4, 0.5) is 0 Å². The van der Waals surface area contributed by atoms with Crippen molar-refractivity contribution in [3.8, 4) is 28.6 Å². The zero-order valence-corrected chi connectivity index (χ0v) is 28.3. The van der Waals surface area contributed by atoms with Gasteiger partial charge in [0.1, 0.15) is 11.6 Å². The second-order valence-electron chi connectivity index (χ2n) is 14.9. The molecule has 48 heavy (non-hydrogen) atoms. The van der Waals surface area contributed by atoms with E-state index in [9.17, 15) is 5.26 Å². The first-order valence-corrected chi connectivity index (χ1v) is 16.6. The SMILES string of the molecule is CC(C)(C)c1ccc2c3ccccc3n(-c3cc(-c4ccncc4)cc(-n4c5ccccc5c5ccc(C(C)(C)C)cc54)c3C#N)c2c1. The van der Waals surface area contributed by atoms with Crippen LogP contribution < -0.4 is 0 Å². The minimum absolute atomic E-state index is 0.0364. The third kappa shape index (κ3) is 4.61. The molecule has 0 bridgehead atoms. The molecule has 0 spiro atoms. The third-order valence-electron chi connectivity index (χ3n) is 9.78. The minimum atomic E-state index is -0.0364. The summed E-state index contributed by atoms with van der Waals surface area (Å²) in [5.74, 6) is 0. The van der Waals surface area contributed by atoms with Crippen molar-refractivity contribution < 1.29 is 0 Å². The van der Waals surface area contributed by atoms with Gasteiger partial charge in [0.25, 0.3) is 0 Å². The number of fused-ring (bicyclic) bond motifs is 6. The van der Waals surface area contributed by atoms with Crippen LogP contribution in [0.3, 0.4) is 0 Å². The summed E-state index contributed by atoms with van der Waals surface area (Å²) in [7, 11) is 0. The van der Waals surface area contributed by atoms with E-state index in [-0.39, 0.29) is 10.8 Å². The van der Waals surface area contributed by atoms with Crippen LogP contribution in [0, 0.1) is 11.3 Å². The van der Waals surface area contributed by atoms with Crippen molar-refractivity contribution >= 4 is 43.6 Å². The number of hydrogen-bond donors (Lipinski definition) is 0. The number of benzene rings is 5. The van der Waals surface area contributed by atoms with Crippen LogP contribution in [0.1, 0.15) is 58.2 Å². The number of aromatic nitrogens is 3. The van der Waals surface area contributed by atoms with E-state index in [0.717, 1.165) is 44.6 Å². The first kappa shape index (κ1) is 29.7. The Morgan fingerprint density at radius 2 is 0.938 bits per heavy atom. The molecule has 0 fully saturated rings. The van der Waals surface area contributed by atoms with Crippen molar-refractivity contribution in [1.29, 1.82) is 5.26 Å². The molecule has 0 aliphatic carbocycles. The lowest BCUT2D eigenvalue weighted by Gasteiger charge is -2.21. The molecule has 0 unspecified atom stereocenters. The molecule has 0 atom stereocenters. The van der Waals surface area contributed by atoms with Gasteiger partial charge in [0.15, 0.2) is 0 Å². The maximum Gasteiger partial charge on any atom is 0.104 e. The van der Waals surface area contributed by atoms with Crippen molar-refractivity contribution in [2.45, 2.75) is 52.4 Å². The topological polar surface area (TPSA) is 46.5 Å². The Hall–Kier alpha value is -5.66. The summed E-state index contributed by atoms with van der Waals surface area (Å²) in [6, 6.07) is 41.8. The molecule has 8 rings (SSSR count). The highest BCUT2D eigenvalue weighted by molar-refractivity contribution is 6.11. The fraction of sp³-hybridized carbons (Fsp3) is 0.182. The second kappa shape index (κ2) is 10.7. The van der Waals surface area contributed by atoms with Crippen LogP contribution in [-0.2, 0) is 10.8 Å². The average Bonchev–Trinajstić information content (AvgIpc) is 3.59. The van der Waals surface area contributed by atoms with Crippen LogP contribution in [0.25, 0.3) is 66.1 Å². The molecule has 0 saturated carbocycles. The molecule has 3 aromatic heterocycles. The molecule has 0 aliphatic heterocycles. The van der Waals surface area contributed by atoms with Gasteiger partial charge in [0.05, 0.1) is 33.4 Å². The summed E-state index contributed by atoms with van der Waals surface area (Å²) < 4.78 is 4.61. The highest BCUT2D eigenvalue weighted by atomic mass is 15.0. The van der Waals surface area contributed by atoms with Crippen molar-refractivity contribution in [3.05, 3.63) is 138 Å². The lowest BCUT2D eigenvalue weighted by atomic mass is 9.86. The molecule has 3 heterocycles. The van der Waals surface area contributed by atoms with Crippen LogP contribution in [0.2, 0.25) is 0 Å². The van der Waals surface area contributed by atoms with Crippen molar-refractivity contribution in [3.63, 3.8) is 0 Å².